The molecule has 2 rings (SSSR count). The van der Waals surface area contributed by atoms with Gasteiger partial charge >= 0.3 is 5.97 Å². The highest BCUT2D eigenvalue weighted by molar-refractivity contribution is 5.98. The molecule has 0 heterocycles. The third-order valence-electron chi connectivity index (χ3n) is 3.21. The van der Waals surface area contributed by atoms with E-state index in [1.165, 1.54) is 7.11 Å². The van der Waals surface area contributed by atoms with Crippen molar-refractivity contribution in [2.24, 2.45) is 0 Å². The molecule has 0 radical (unpaired) electrons. The molecular weight excluding hydrogens is 268 g/mol. The molecule has 108 valence electrons. The summed E-state index contributed by atoms with van der Waals surface area (Å²) in [6.45, 7) is 0.0887. The van der Waals surface area contributed by atoms with Gasteiger partial charge in [0.25, 0.3) is 0 Å². The van der Waals surface area contributed by atoms with Crippen LogP contribution in [-0.2, 0) is 31.3 Å². The van der Waals surface area contributed by atoms with Crippen molar-refractivity contribution in [1.29, 1.82) is 0 Å². The average Bonchev–Trinajstić information content (AvgIpc) is 2.56. The molecule has 0 aliphatic carbocycles. The first-order chi connectivity index (χ1) is 10.2. The summed E-state index contributed by atoms with van der Waals surface area (Å²) >= 11 is 0. The van der Waals surface area contributed by atoms with Gasteiger partial charge in [-0.3, -0.25) is 4.79 Å². The molecule has 0 N–H and O–H groups in total. The maximum absolute atomic E-state index is 12.3. The zero-order valence-corrected chi connectivity index (χ0v) is 11.7. The Bertz CT molecular complexity index is 595. The van der Waals surface area contributed by atoms with Crippen LogP contribution >= 0.6 is 0 Å². The molecule has 0 fully saturated rings. The number of carbonyl (C=O) groups is 2. The smallest absolute Gasteiger partial charge is 0.351 e. The van der Waals surface area contributed by atoms with Crippen molar-refractivity contribution in [1.82, 2.24) is 0 Å². The molecule has 21 heavy (non-hydrogen) atoms. The standard InChI is InChI=1S/C17H16O4/c1-20-17(13-18,15-10-6-3-7-11-15)16(19)21-12-14-8-4-2-5-9-14/h2-11,13H,12H2,1H3. The van der Waals surface area contributed by atoms with E-state index < -0.39 is 11.6 Å². The summed E-state index contributed by atoms with van der Waals surface area (Å²) in [5.41, 5.74) is -0.439. The number of hydrogen-bond donors (Lipinski definition) is 0. The normalized spacial score (nSPS) is 13.2. The Balaban J connectivity index is 2.18. The minimum Gasteiger partial charge on any atom is -0.458 e. The Labute approximate surface area is 123 Å². The SMILES string of the molecule is COC(C=O)(C(=O)OCc1ccccc1)c1ccccc1. The van der Waals surface area contributed by atoms with E-state index in [2.05, 4.69) is 0 Å². The maximum atomic E-state index is 12.3. The van der Waals surface area contributed by atoms with E-state index in [0.29, 0.717) is 11.8 Å². The Morgan fingerprint density at radius 1 is 1.05 bits per heavy atom. The molecule has 0 saturated carbocycles. The van der Waals surface area contributed by atoms with Crippen LogP contribution in [0.5, 0.6) is 0 Å². The van der Waals surface area contributed by atoms with Gasteiger partial charge in [-0.2, -0.15) is 0 Å². The number of carbonyl (C=O) groups excluding carboxylic acids is 2. The number of hydrogen-bond acceptors (Lipinski definition) is 4. The van der Waals surface area contributed by atoms with Gasteiger partial charge in [0.05, 0.1) is 0 Å². The highest BCUT2D eigenvalue weighted by atomic mass is 16.6. The van der Waals surface area contributed by atoms with Crippen LogP contribution < -0.4 is 0 Å². The lowest BCUT2D eigenvalue weighted by molar-refractivity contribution is -0.172. The molecule has 0 amide bonds. The summed E-state index contributed by atoms with van der Waals surface area (Å²) in [5.74, 6) is -0.727. The van der Waals surface area contributed by atoms with Crippen molar-refractivity contribution in [3.05, 3.63) is 71.8 Å². The van der Waals surface area contributed by atoms with E-state index in [1.54, 1.807) is 30.3 Å². The first kappa shape index (κ1) is 14.9. The number of methoxy groups -OCH3 is 1. The van der Waals surface area contributed by atoms with Crippen LogP contribution in [0.2, 0.25) is 0 Å². The lowest BCUT2D eigenvalue weighted by atomic mass is 9.95. The van der Waals surface area contributed by atoms with Crippen molar-refractivity contribution >= 4 is 12.3 Å². The van der Waals surface area contributed by atoms with Gasteiger partial charge in [-0.05, 0) is 5.56 Å². The van der Waals surface area contributed by atoms with Crippen LogP contribution in [0.15, 0.2) is 60.7 Å². The molecular formula is C17H16O4. The molecule has 0 spiro atoms. The average molecular weight is 284 g/mol. The van der Waals surface area contributed by atoms with E-state index in [4.69, 9.17) is 9.47 Å². The lowest BCUT2D eigenvalue weighted by Crippen LogP contribution is -2.41. The molecule has 1 atom stereocenters. The Morgan fingerprint density at radius 3 is 2.14 bits per heavy atom. The van der Waals surface area contributed by atoms with Crippen molar-refractivity contribution in [2.45, 2.75) is 12.2 Å². The predicted molar refractivity (Wildman–Crippen MR) is 77.4 cm³/mol. The third-order valence-corrected chi connectivity index (χ3v) is 3.21. The monoisotopic (exact) mass is 284 g/mol. The minimum absolute atomic E-state index is 0.0887. The maximum Gasteiger partial charge on any atom is 0.351 e. The van der Waals surface area contributed by atoms with Gasteiger partial charge in [-0.25, -0.2) is 4.79 Å². The van der Waals surface area contributed by atoms with Crippen molar-refractivity contribution < 1.29 is 19.1 Å². The summed E-state index contributed by atoms with van der Waals surface area (Å²) in [6, 6.07) is 17.8. The van der Waals surface area contributed by atoms with Crippen molar-refractivity contribution in [2.75, 3.05) is 7.11 Å². The van der Waals surface area contributed by atoms with Gasteiger partial charge in [0.2, 0.25) is 5.60 Å². The van der Waals surface area contributed by atoms with Crippen molar-refractivity contribution in [3.8, 4) is 0 Å². The van der Waals surface area contributed by atoms with Crippen LogP contribution in [0.25, 0.3) is 0 Å². The van der Waals surface area contributed by atoms with Crippen molar-refractivity contribution in [3.63, 3.8) is 0 Å². The predicted octanol–water partition coefficient (Wildman–Crippen LogP) is 2.47. The van der Waals surface area contributed by atoms with Crippen LogP contribution in [0.4, 0.5) is 0 Å². The largest absolute Gasteiger partial charge is 0.458 e. The second-order valence-corrected chi connectivity index (χ2v) is 4.49. The fraction of sp³-hybridized carbons (Fsp3) is 0.176. The third kappa shape index (κ3) is 3.17. The Hall–Kier alpha value is -2.46. The molecule has 4 heteroatoms. The molecule has 0 aliphatic heterocycles. The number of rotatable bonds is 6. The first-order valence-electron chi connectivity index (χ1n) is 6.51. The van der Waals surface area contributed by atoms with Gasteiger partial charge in [0.1, 0.15) is 6.61 Å². The molecule has 0 bridgehead atoms. The van der Waals surface area contributed by atoms with Crippen LogP contribution in [0, 0.1) is 0 Å². The number of aldehydes is 1. The van der Waals surface area contributed by atoms with Crippen LogP contribution in [0.1, 0.15) is 11.1 Å². The lowest BCUT2D eigenvalue weighted by Gasteiger charge is -2.24. The number of ether oxygens (including phenoxy) is 2. The molecule has 4 nitrogen and oxygen atoms in total. The molecule has 1 unspecified atom stereocenters. The Kier molecular flexibility index (Phi) is 4.85. The van der Waals surface area contributed by atoms with Gasteiger partial charge in [-0.1, -0.05) is 60.7 Å². The fourth-order valence-electron chi connectivity index (χ4n) is 2.00. The Morgan fingerprint density at radius 2 is 1.62 bits per heavy atom. The zero-order chi connectivity index (χ0) is 15.1. The zero-order valence-electron chi connectivity index (χ0n) is 11.7. The minimum atomic E-state index is -1.73. The fourth-order valence-corrected chi connectivity index (χ4v) is 2.00. The van der Waals surface area contributed by atoms with Gasteiger partial charge in [-0.15, -0.1) is 0 Å². The van der Waals surface area contributed by atoms with E-state index >= 15 is 0 Å². The van der Waals surface area contributed by atoms with E-state index in [9.17, 15) is 9.59 Å². The number of esters is 1. The summed E-state index contributed by atoms with van der Waals surface area (Å²) in [6.07, 6.45) is 0.468. The van der Waals surface area contributed by atoms with Crippen LogP contribution in [0.3, 0.4) is 0 Å². The van der Waals surface area contributed by atoms with E-state index in [0.717, 1.165) is 5.56 Å². The second kappa shape index (κ2) is 6.81. The highest BCUT2D eigenvalue weighted by Crippen LogP contribution is 2.25. The summed E-state index contributed by atoms with van der Waals surface area (Å²) in [4.78, 5) is 23.8. The molecule has 0 aliphatic rings. The molecule has 0 saturated heterocycles. The topological polar surface area (TPSA) is 52.6 Å². The first-order valence-corrected chi connectivity index (χ1v) is 6.51. The van der Waals surface area contributed by atoms with Gasteiger partial charge < -0.3 is 9.47 Å². The molecule has 2 aromatic carbocycles. The highest BCUT2D eigenvalue weighted by Gasteiger charge is 2.42. The quantitative estimate of drug-likeness (QED) is 0.464. The van der Waals surface area contributed by atoms with Crippen LogP contribution in [-0.4, -0.2) is 19.4 Å². The van der Waals surface area contributed by atoms with E-state index in [1.807, 2.05) is 30.3 Å². The molecule has 0 aromatic heterocycles. The van der Waals surface area contributed by atoms with Gasteiger partial charge in [0, 0.05) is 12.7 Å². The number of benzene rings is 2. The summed E-state index contributed by atoms with van der Waals surface area (Å²) < 4.78 is 10.4. The second-order valence-electron chi connectivity index (χ2n) is 4.49. The summed E-state index contributed by atoms with van der Waals surface area (Å²) in [7, 11) is 1.31. The summed E-state index contributed by atoms with van der Waals surface area (Å²) in [5, 5.41) is 0. The molecule has 2 aromatic rings. The van der Waals surface area contributed by atoms with Gasteiger partial charge in [0.15, 0.2) is 6.29 Å². The van der Waals surface area contributed by atoms with E-state index in [-0.39, 0.29) is 6.61 Å².